The van der Waals surface area contributed by atoms with E-state index >= 15 is 8.78 Å². The van der Waals surface area contributed by atoms with Crippen molar-refractivity contribution in [3.8, 4) is 0 Å². The highest BCUT2D eigenvalue weighted by Gasteiger charge is 2.45. The monoisotopic (exact) mass is 643 g/mol. The van der Waals surface area contributed by atoms with Crippen LogP contribution in [0, 0.1) is 11.6 Å². The van der Waals surface area contributed by atoms with E-state index in [1.165, 1.54) is 34.4 Å². The minimum Gasteiger partial charge on any atom is -0.251 e. The summed E-state index contributed by atoms with van der Waals surface area (Å²) in [5.41, 5.74) is 6.11. The van der Waals surface area contributed by atoms with Gasteiger partial charge in [0, 0.05) is 36.5 Å². The first-order valence-electron chi connectivity index (χ1n) is 16.5. The third-order valence-corrected chi connectivity index (χ3v) is 15.6. The van der Waals surface area contributed by atoms with Crippen molar-refractivity contribution in [2.45, 2.75) is 96.3 Å². The minimum absolute atomic E-state index is 0.0768. The average molecular weight is 644 g/mol. The zero-order chi connectivity index (χ0) is 32.4. The lowest BCUT2D eigenvalue weighted by molar-refractivity contribution is 0.589. The number of rotatable bonds is 9. The molecule has 1 nitrogen and oxygen atoms in total. The maximum absolute atomic E-state index is 15.9. The summed E-state index contributed by atoms with van der Waals surface area (Å²) in [6, 6.07) is 32.6. The van der Waals surface area contributed by atoms with E-state index in [0.717, 1.165) is 32.2 Å². The van der Waals surface area contributed by atoms with E-state index in [0.29, 0.717) is 21.9 Å². The molecule has 4 aromatic carbocycles. The molecule has 1 aliphatic rings. The van der Waals surface area contributed by atoms with Gasteiger partial charge in [-0.1, -0.05) is 128 Å². The van der Waals surface area contributed by atoms with Crippen molar-refractivity contribution in [1.29, 1.82) is 0 Å². The Morgan fingerprint density at radius 2 is 1.04 bits per heavy atom. The Balaban J connectivity index is 1.69. The molecule has 238 valence electrons. The summed E-state index contributed by atoms with van der Waals surface area (Å²) in [5, 5.41) is 1.23. The number of benzene rings is 4. The Morgan fingerprint density at radius 3 is 1.40 bits per heavy atom. The van der Waals surface area contributed by atoms with Gasteiger partial charge >= 0.3 is 0 Å². The van der Waals surface area contributed by atoms with Gasteiger partial charge in [0.25, 0.3) is 0 Å². The van der Waals surface area contributed by atoms with Crippen LogP contribution in [0.1, 0.15) is 108 Å². The second kappa shape index (κ2) is 14.1. The van der Waals surface area contributed by atoms with Crippen LogP contribution in [0.4, 0.5) is 8.78 Å². The number of unbranched alkanes of at least 4 members (excludes halogenated alkanes) is 1. The van der Waals surface area contributed by atoms with E-state index in [1.807, 2.05) is 24.3 Å². The fraction of sp³-hybridized carbons (Fsp3) is 0.400. The third-order valence-electron chi connectivity index (χ3n) is 9.05. The highest BCUT2D eigenvalue weighted by molar-refractivity contribution is 7.79. The minimum atomic E-state index is -1.45. The predicted octanol–water partition coefficient (Wildman–Crippen LogP) is 11.7. The van der Waals surface area contributed by atoms with Crippen LogP contribution in [-0.2, 0) is 10.8 Å². The van der Waals surface area contributed by atoms with Crippen LogP contribution in [0.15, 0.2) is 97.1 Å². The van der Waals surface area contributed by atoms with Gasteiger partial charge in [-0.2, -0.15) is 0 Å². The number of hydrogen-bond donors (Lipinski definition) is 0. The van der Waals surface area contributed by atoms with Gasteiger partial charge in [-0.15, -0.1) is 0 Å². The molecule has 5 heteroatoms. The quantitative estimate of drug-likeness (QED) is 0.164. The summed E-state index contributed by atoms with van der Waals surface area (Å²) >= 11 is 0. The smallest absolute Gasteiger partial charge is 0.132 e. The molecule has 0 radical (unpaired) electrons. The number of hydrogen-bond acceptors (Lipinski definition) is 1. The SMILES string of the molecule is CCCCN(P(c1ccccc1F)c1ccccc1F)P1[C@H](c2ccc(C(C)(C)C)cc2)CC[C@H]1c1ccc(C(C)(C)C)cc1. The van der Waals surface area contributed by atoms with Gasteiger partial charge in [0.15, 0.2) is 0 Å². The Hall–Kier alpha value is -2.44. The molecule has 1 fully saturated rings. The molecule has 1 aliphatic heterocycles. The molecule has 1 heterocycles. The van der Waals surface area contributed by atoms with Gasteiger partial charge in [0.05, 0.1) is 0 Å². The lowest BCUT2D eigenvalue weighted by atomic mass is 9.86. The second-order valence-corrected chi connectivity index (χ2v) is 19.3. The molecule has 0 aromatic heterocycles. The molecule has 4 aromatic rings. The van der Waals surface area contributed by atoms with Crippen LogP contribution in [0.2, 0.25) is 0 Å². The van der Waals surface area contributed by atoms with Crippen LogP contribution in [0.25, 0.3) is 0 Å². The molecule has 0 spiro atoms. The van der Waals surface area contributed by atoms with Crippen LogP contribution in [0.5, 0.6) is 0 Å². The first-order valence-corrected chi connectivity index (χ1v) is 19.2. The normalized spacial score (nSPS) is 17.8. The molecule has 0 amide bonds. The molecule has 0 bridgehead atoms. The molecular formula is C40H49F2NP2. The van der Waals surface area contributed by atoms with Crippen molar-refractivity contribution >= 4 is 26.8 Å². The van der Waals surface area contributed by atoms with Crippen molar-refractivity contribution in [3.05, 3.63) is 131 Å². The summed E-state index contributed by atoms with van der Waals surface area (Å²) in [6.07, 6.45) is 4.12. The highest BCUT2D eigenvalue weighted by Crippen LogP contribution is 2.76. The van der Waals surface area contributed by atoms with Crippen molar-refractivity contribution in [2.24, 2.45) is 0 Å². The molecule has 0 unspecified atom stereocenters. The summed E-state index contributed by atoms with van der Waals surface area (Å²) in [7, 11) is -2.31. The predicted molar refractivity (Wildman–Crippen MR) is 193 cm³/mol. The first kappa shape index (κ1) is 33.9. The molecule has 0 N–H and O–H groups in total. The Labute approximate surface area is 273 Å². The van der Waals surface area contributed by atoms with Gasteiger partial charge < -0.3 is 0 Å². The Morgan fingerprint density at radius 1 is 0.644 bits per heavy atom. The number of halogens is 2. The maximum Gasteiger partial charge on any atom is 0.132 e. The molecule has 0 aliphatic carbocycles. The lowest BCUT2D eigenvalue weighted by Crippen LogP contribution is -2.30. The van der Waals surface area contributed by atoms with Gasteiger partial charge in [-0.3, -0.25) is 4.44 Å². The number of nitrogens with zero attached hydrogens (tertiary/aromatic N) is 1. The van der Waals surface area contributed by atoms with Crippen molar-refractivity contribution < 1.29 is 8.78 Å². The molecule has 2 atom stereocenters. The van der Waals surface area contributed by atoms with Gasteiger partial charge in [0.2, 0.25) is 0 Å². The molecule has 5 rings (SSSR count). The van der Waals surface area contributed by atoms with E-state index in [4.69, 9.17) is 0 Å². The van der Waals surface area contributed by atoms with Crippen LogP contribution < -0.4 is 10.6 Å². The fourth-order valence-electron chi connectivity index (χ4n) is 6.41. The Bertz CT molecular complexity index is 1440. The summed E-state index contributed by atoms with van der Waals surface area (Å²) in [4.78, 5) is 0. The van der Waals surface area contributed by atoms with E-state index in [-0.39, 0.29) is 22.5 Å². The Kier molecular flexibility index (Phi) is 10.6. The second-order valence-electron chi connectivity index (χ2n) is 14.4. The largest absolute Gasteiger partial charge is 0.251 e. The fourth-order valence-corrected chi connectivity index (χ4v) is 13.9. The average Bonchev–Trinajstić information content (AvgIpc) is 3.45. The maximum atomic E-state index is 15.9. The van der Waals surface area contributed by atoms with Crippen LogP contribution in [0.3, 0.4) is 0 Å². The van der Waals surface area contributed by atoms with Crippen LogP contribution in [-0.4, -0.2) is 11.0 Å². The van der Waals surface area contributed by atoms with E-state index in [2.05, 4.69) is 101 Å². The topological polar surface area (TPSA) is 3.24 Å². The molecule has 45 heavy (non-hydrogen) atoms. The molecule has 0 saturated carbocycles. The first-order chi connectivity index (χ1) is 21.4. The van der Waals surface area contributed by atoms with Crippen molar-refractivity contribution in [3.63, 3.8) is 0 Å². The van der Waals surface area contributed by atoms with Crippen molar-refractivity contribution in [2.75, 3.05) is 6.54 Å². The third kappa shape index (κ3) is 7.59. The molecule has 1 saturated heterocycles. The van der Waals surface area contributed by atoms with Crippen molar-refractivity contribution in [1.82, 2.24) is 4.44 Å². The lowest BCUT2D eigenvalue weighted by Gasteiger charge is -2.42. The highest BCUT2D eigenvalue weighted by atomic mass is 31.2. The molecular weight excluding hydrogens is 594 g/mol. The summed E-state index contributed by atoms with van der Waals surface area (Å²) < 4.78 is 34.3. The zero-order valence-electron chi connectivity index (χ0n) is 28.0. The standard InChI is InChI=1S/C40H49F2NP2/c1-8-9-28-43(45(37-16-12-10-14-33(37)41)38-17-13-11-15-34(38)42)44-35(29-18-22-31(23-19-29)39(2,3)4)26-27-36(44)30-20-24-32(25-21-30)40(5,6)7/h10-25,35-36H,8-9,26-28H2,1-7H3/t35-,36-/m0/s1. The van der Waals surface area contributed by atoms with E-state index in [1.54, 1.807) is 12.1 Å². The summed E-state index contributed by atoms with van der Waals surface area (Å²) in [6.45, 7) is 16.5. The van der Waals surface area contributed by atoms with Gasteiger partial charge in [-0.25, -0.2) is 8.78 Å². The van der Waals surface area contributed by atoms with E-state index in [9.17, 15) is 0 Å². The zero-order valence-corrected chi connectivity index (χ0v) is 29.8. The van der Waals surface area contributed by atoms with Gasteiger partial charge in [-0.05, 0) is 84.7 Å². The van der Waals surface area contributed by atoms with Crippen LogP contribution >= 0.6 is 16.1 Å². The summed E-state index contributed by atoms with van der Waals surface area (Å²) in [5.74, 6) is -0.501. The van der Waals surface area contributed by atoms with E-state index < -0.39 is 16.1 Å². The van der Waals surface area contributed by atoms with Gasteiger partial charge in [0.1, 0.15) is 11.6 Å².